The summed E-state index contributed by atoms with van der Waals surface area (Å²) in [6.45, 7) is 3.61. The molecular weight excluding hydrogens is 318 g/mol. The minimum atomic E-state index is -0.695. The maximum atomic E-state index is 12.4. The molecule has 1 aliphatic carbocycles. The average Bonchev–Trinajstić information content (AvgIpc) is 2.55. The highest BCUT2D eigenvalue weighted by Crippen LogP contribution is 2.31. The van der Waals surface area contributed by atoms with E-state index in [0.29, 0.717) is 19.3 Å². The van der Waals surface area contributed by atoms with Gasteiger partial charge < -0.3 is 10.4 Å². The molecule has 1 saturated carbocycles. The van der Waals surface area contributed by atoms with Crippen molar-refractivity contribution in [3.05, 3.63) is 52.4 Å². The van der Waals surface area contributed by atoms with Crippen LogP contribution in [0.1, 0.15) is 32.4 Å². The molecule has 0 aliphatic heterocycles. The number of nitrogens with one attached hydrogen (secondary N) is 1. The fourth-order valence-electron chi connectivity index (χ4n) is 3.29. The summed E-state index contributed by atoms with van der Waals surface area (Å²) in [5.41, 5.74) is 1.54. The number of aryl methyl sites for hydroxylation is 1. The third kappa shape index (κ3) is 3.96. The number of hydrogen-bond acceptors (Lipinski definition) is 4. The minimum absolute atomic E-state index is 0.0348. The number of amides is 1. The number of benzene rings is 1. The number of carbonyl (C=O) groups excluding carboxylic acids is 1. The van der Waals surface area contributed by atoms with Gasteiger partial charge in [0.15, 0.2) is 0 Å². The maximum absolute atomic E-state index is 12.4. The molecule has 25 heavy (non-hydrogen) atoms. The second kappa shape index (κ2) is 6.80. The Morgan fingerprint density at radius 2 is 2.04 bits per heavy atom. The van der Waals surface area contributed by atoms with Gasteiger partial charge in [-0.1, -0.05) is 37.3 Å². The predicted molar refractivity (Wildman–Crippen MR) is 95.1 cm³/mol. The Labute approximate surface area is 146 Å². The number of aromatic nitrogens is 2. The molecule has 2 N–H and O–H groups in total. The Morgan fingerprint density at radius 1 is 1.36 bits per heavy atom. The normalized spacial score (nSPS) is 22.3. The van der Waals surface area contributed by atoms with Crippen LogP contribution >= 0.6 is 0 Å². The fraction of sp³-hybridized carbons (Fsp3) is 0.421. The molecule has 1 aromatic carbocycles. The summed E-state index contributed by atoms with van der Waals surface area (Å²) >= 11 is 0. The maximum Gasteiger partial charge on any atom is 0.267 e. The van der Waals surface area contributed by atoms with Crippen LogP contribution in [0.4, 0.5) is 0 Å². The SMILES string of the molecule is CCc1nn(CC(=O)NC2CC(C)(O)C2)c(=O)cc1-c1ccccc1. The number of nitrogens with zero attached hydrogens (tertiary/aromatic N) is 2. The topological polar surface area (TPSA) is 84.2 Å². The van der Waals surface area contributed by atoms with E-state index in [1.807, 2.05) is 37.3 Å². The van der Waals surface area contributed by atoms with Crippen LogP contribution in [-0.2, 0) is 17.8 Å². The van der Waals surface area contributed by atoms with Gasteiger partial charge in [0.2, 0.25) is 5.91 Å². The van der Waals surface area contributed by atoms with E-state index in [-0.39, 0.29) is 24.1 Å². The smallest absolute Gasteiger partial charge is 0.267 e. The van der Waals surface area contributed by atoms with Crippen LogP contribution in [0.15, 0.2) is 41.2 Å². The van der Waals surface area contributed by atoms with Crippen LogP contribution < -0.4 is 10.9 Å². The van der Waals surface area contributed by atoms with Crippen LogP contribution in [0.25, 0.3) is 11.1 Å². The van der Waals surface area contributed by atoms with Gasteiger partial charge in [0, 0.05) is 17.7 Å². The highest BCUT2D eigenvalue weighted by Gasteiger charge is 2.39. The first-order valence-corrected chi connectivity index (χ1v) is 8.56. The van der Waals surface area contributed by atoms with E-state index in [9.17, 15) is 14.7 Å². The van der Waals surface area contributed by atoms with E-state index in [0.717, 1.165) is 16.8 Å². The zero-order chi connectivity index (χ0) is 18.0. The van der Waals surface area contributed by atoms with Gasteiger partial charge >= 0.3 is 0 Å². The summed E-state index contributed by atoms with van der Waals surface area (Å²) in [6.07, 6.45) is 1.74. The second-order valence-corrected chi connectivity index (χ2v) is 6.89. The number of carbonyl (C=O) groups is 1. The molecule has 0 unspecified atom stereocenters. The lowest BCUT2D eigenvalue weighted by Gasteiger charge is -2.41. The zero-order valence-electron chi connectivity index (χ0n) is 14.5. The monoisotopic (exact) mass is 341 g/mol. The van der Waals surface area contributed by atoms with Gasteiger partial charge in [0.05, 0.1) is 11.3 Å². The highest BCUT2D eigenvalue weighted by molar-refractivity contribution is 5.76. The van der Waals surface area contributed by atoms with Gasteiger partial charge in [-0.05, 0) is 31.7 Å². The van der Waals surface area contributed by atoms with Gasteiger partial charge in [0.25, 0.3) is 5.56 Å². The van der Waals surface area contributed by atoms with Gasteiger partial charge in [-0.25, -0.2) is 4.68 Å². The molecule has 0 radical (unpaired) electrons. The molecule has 1 amide bonds. The standard InChI is InChI=1S/C19H23N3O3/c1-3-16-15(13-7-5-4-6-8-13)9-18(24)22(21-16)12-17(23)20-14-10-19(2,25)11-14/h4-9,14,25H,3,10-12H2,1-2H3,(H,20,23). The molecule has 0 atom stereocenters. The molecule has 1 heterocycles. The largest absolute Gasteiger partial charge is 0.390 e. The van der Waals surface area contributed by atoms with Gasteiger partial charge in [-0.15, -0.1) is 0 Å². The summed E-state index contributed by atoms with van der Waals surface area (Å²) in [5.74, 6) is -0.260. The van der Waals surface area contributed by atoms with E-state index >= 15 is 0 Å². The van der Waals surface area contributed by atoms with Crippen molar-refractivity contribution >= 4 is 5.91 Å². The average molecular weight is 341 g/mol. The third-order valence-electron chi connectivity index (χ3n) is 4.52. The Bertz CT molecular complexity index is 820. The molecule has 6 heteroatoms. The van der Waals surface area contributed by atoms with Crippen LogP contribution in [0.2, 0.25) is 0 Å². The van der Waals surface area contributed by atoms with Gasteiger partial charge in [0.1, 0.15) is 6.54 Å². The van der Waals surface area contributed by atoms with E-state index in [4.69, 9.17) is 0 Å². The number of rotatable bonds is 5. The quantitative estimate of drug-likeness (QED) is 0.863. The fourth-order valence-corrected chi connectivity index (χ4v) is 3.29. The van der Waals surface area contributed by atoms with Crippen LogP contribution in [-0.4, -0.2) is 32.4 Å². The minimum Gasteiger partial charge on any atom is -0.390 e. The number of aliphatic hydroxyl groups is 1. The molecule has 3 rings (SSSR count). The number of hydrogen-bond donors (Lipinski definition) is 2. The molecule has 132 valence electrons. The second-order valence-electron chi connectivity index (χ2n) is 6.89. The zero-order valence-corrected chi connectivity index (χ0v) is 14.5. The lowest BCUT2D eigenvalue weighted by atomic mass is 9.77. The summed E-state index contributed by atoms with van der Waals surface area (Å²) in [6, 6.07) is 11.1. The molecule has 0 bridgehead atoms. The van der Waals surface area contributed by atoms with E-state index < -0.39 is 5.60 Å². The molecule has 0 saturated heterocycles. The molecule has 2 aromatic rings. The lowest BCUT2D eigenvalue weighted by molar-refractivity contribution is -0.125. The van der Waals surface area contributed by atoms with Crippen molar-refractivity contribution in [1.29, 1.82) is 0 Å². The molecule has 1 fully saturated rings. The molecule has 0 spiro atoms. The van der Waals surface area contributed by atoms with Crippen molar-refractivity contribution < 1.29 is 9.90 Å². The van der Waals surface area contributed by atoms with Crippen LogP contribution in [0.5, 0.6) is 0 Å². The molecule has 1 aliphatic rings. The molecule has 6 nitrogen and oxygen atoms in total. The Hall–Kier alpha value is -2.47. The van der Waals surface area contributed by atoms with Crippen molar-refractivity contribution in [1.82, 2.24) is 15.1 Å². The molecular formula is C19H23N3O3. The van der Waals surface area contributed by atoms with Crippen molar-refractivity contribution in [2.75, 3.05) is 0 Å². The van der Waals surface area contributed by atoms with Crippen LogP contribution in [0, 0.1) is 0 Å². The summed E-state index contributed by atoms with van der Waals surface area (Å²) in [7, 11) is 0. The van der Waals surface area contributed by atoms with Gasteiger partial charge in [-0.3, -0.25) is 9.59 Å². The summed E-state index contributed by atoms with van der Waals surface area (Å²) < 4.78 is 1.21. The van der Waals surface area contributed by atoms with Gasteiger partial charge in [-0.2, -0.15) is 5.10 Å². The van der Waals surface area contributed by atoms with Crippen molar-refractivity contribution in [3.8, 4) is 11.1 Å². The Balaban J connectivity index is 1.76. The molecule has 1 aromatic heterocycles. The first kappa shape index (κ1) is 17.4. The van der Waals surface area contributed by atoms with E-state index in [1.165, 1.54) is 4.68 Å². The first-order valence-electron chi connectivity index (χ1n) is 8.56. The predicted octanol–water partition coefficient (Wildman–Crippen LogP) is 1.50. The van der Waals surface area contributed by atoms with Crippen molar-refractivity contribution in [3.63, 3.8) is 0 Å². The first-order chi connectivity index (χ1) is 11.9. The highest BCUT2D eigenvalue weighted by atomic mass is 16.3. The van der Waals surface area contributed by atoms with Crippen molar-refractivity contribution in [2.24, 2.45) is 0 Å². The summed E-state index contributed by atoms with van der Waals surface area (Å²) in [5, 5.41) is 16.9. The summed E-state index contributed by atoms with van der Waals surface area (Å²) in [4.78, 5) is 24.5. The van der Waals surface area contributed by atoms with E-state index in [1.54, 1.807) is 13.0 Å². The van der Waals surface area contributed by atoms with E-state index in [2.05, 4.69) is 10.4 Å². The Kier molecular flexibility index (Phi) is 4.72. The van der Waals surface area contributed by atoms with Crippen molar-refractivity contribution in [2.45, 2.75) is 51.3 Å². The lowest BCUT2D eigenvalue weighted by Crippen LogP contribution is -2.54. The van der Waals surface area contributed by atoms with Crippen LogP contribution in [0.3, 0.4) is 0 Å². The Morgan fingerprint density at radius 3 is 2.64 bits per heavy atom. The third-order valence-corrected chi connectivity index (χ3v) is 4.52.